The number of hydrogen-bond donors (Lipinski definition) is 0. The molecule has 0 aliphatic rings. The van der Waals surface area contributed by atoms with E-state index in [1.807, 2.05) is 6.07 Å². The van der Waals surface area contributed by atoms with Gasteiger partial charge in [-0.05, 0) is 48.2 Å². The number of carbonyl (C=O) groups is 3. The molecular formula is C22H25NO9. The Kier molecular flexibility index (Phi) is 9.40. The van der Waals surface area contributed by atoms with Crippen LogP contribution < -0.4 is 4.74 Å². The highest BCUT2D eigenvalue weighted by molar-refractivity contribution is 5.88. The first-order valence-corrected chi connectivity index (χ1v) is 10.1. The number of carbonyl (C=O) groups excluding carboxylic acids is 3. The molecule has 0 saturated heterocycles. The number of methoxy groups -OCH3 is 1. The van der Waals surface area contributed by atoms with E-state index in [1.54, 1.807) is 37.3 Å². The summed E-state index contributed by atoms with van der Waals surface area (Å²) >= 11 is 0. The van der Waals surface area contributed by atoms with Crippen LogP contribution in [0.25, 0.3) is 10.8 Å². The van der Waals surface area contributed by atoms with Gasteiger partial charge in [-0.2, -0.15) is 0 Å². The lowest BCUT2D eigenvalue weighted by Crippen LogP contribution is -2.19. The third-order valence-corrected chi connectivity index (χ3v) is 4.70. The molecule has 0 saturated carbocycles. The van der Waals surface area contributed by atoms with Crippen molar-refractivity contribution >= 4 is 28.7 Å². The van der Waals surface area contributed by atoms with Gasteiger partial charge < -0.3 is 19.0 Å². The summed E-state index contributed by atoms with van der Waals surface area (Å²) in [5, 5.41) is 10.9. The number of hydrogen-bond acceptors (Lipinski definition) is 9. The predicted octanol–water partition coefficient (Wildman–Crippen LogP) is 3.33. The number of benzene rings is 2. The SMILES string of the molecule is COC(=O)COC(=O)C(C)c1ccc2cc(OC(=O)CCCCCO[N+](=O)[O-])ccc2c1. The van der Waals surface area contributed by atoms with Crippen LogP contribution in [0, 0.1) is 10.1 Å². The van der Waals surface area contributed by atoms with Gasteiger partial charge in [-0.1, -0.05) is 30.7 Å². The summed E-state index contributed by atoms with van der Waals surface area (Å²) in [6, 6.07) is 10.6. The van der Waals surface area contributed by atoms with Crippen LogP contribution >= 0.6 is 0 Å². The van der Waals surface area contributed by atoms with Crippen LogP contribution in [-0.4, -0.2) is 43.3 Å². The second kappa shape index (κ2) is 12.2. The molecule has 172 valence electrons. The minimum absolute atomic E-state index is 0.0102. The number of rotatable bonds is 12. The Bertz CT molecular complexity index is 973. The topological polar surface area (TPSA) is 131 Å². The Morgan fingerprint density at radius 1 is 1.00 bits per heavy atom. The normalized spacial score (nSPS) is 11.4. The first kappa shape index (κ1) is 24.6. The molecule has 0 N–H and O–H groups in total. The molecule has 10 heteroatoms. The van der Waals surface area contributed by atoms with Crippen molar-refractivity contribution in [3.05, 3.63) is 52.1 Å². The maximum absolute atomic E-state index is 12.1. The number of nitrogens with zero attached hydrogens (tertiary/aromatic N) is 1. The van der Waals surface area contributed by atoms with E-state index < -0.39 is 35.5 Å². The van der Waals surface area contributed by atoms with Crippen LogP contribution in [0.4, 0.5) is 0 Å². The molecular weight excluding hydrogens is 422 g/mol. The zero-order chi connectivity index (χ0) is 23.5. The zero-order valence-electron chi connectivity index (χ0n) is 17.9. The Morgan fingerprint density at radius 3 is 2.44 bits per heavy atom. The van der Waals surface area contributed by atoms with Crippen molar-refractivity contribution in [2.45, 2.75) is 38.5 Å². The van der Waals surface area contributed by atoms with Gasteiger partial charge in [0.1, 0.15) is 5.75 Å². The van der Waals surface area contributed by atoms with Gasteiger partial charge in [0.25, 0.3) is 5.09 Å². The van der Waals surface area contributed by atoms with Crippen LogP contribution in [-0.2, 0) is 28.7 Å². The highest BCUT2D eigenvalue weighted by Gasteiger charge is 2.18. The van der Waals surface area contributed by atoms with Crippen molar-refractivity contribution in [2.24, 2.45) is 0 Å². The molecule has 0 fully saturated rings. The highest BCUT2D eigenvalue weighted by atomic mass is 16.9. The van der Waals surface area contributed by atoms with Gasteiger partial charge in [-0.3, -0.25) is 9.59 Å². The molecule has 1 atom stereocenters. The maximum Gasteiger partial charge on any atom is 0.344 e. The average Bonchev–Trinajstić information content (AvgIpc) is 2.78. The van der Waals surface area contributed by atoms with Crippen molar-refractivity contribution in [3.8, 4) is 5.75 Å². The van der Waals surface area contributed by atoms with Crippen LogP contribution in [0.3, 0.4) is 0 Å². The summed E-state index contributed by atoms with van der Waals surface area (Å²) in [5.41, 5.74) is 0.721. The van der Waals surface area contributed by atoms with E-state index in [0.717, 1.165) is 16.3 Å². The summed E-state index contributed by atoms with van der Waals surface area (Å²) < 4.78 is 14.7. The minimum Gasteiger partial charge on any atom is -0.466 e. The van der Waals surface area contributed by atoms with Gasteiger partial charge in [-0.15, -0.1) is 10.1 Å². The van der Waals surface area contributed by atoms with Crippen LogP contribution in [0.1, 0.15) is 44.1 Å². The van der Waals surface area contributed by atoms with Crippen LogP contribution in [0.15, 0.2) is 36.4 Å². The highest BCUT2D eigenvalue weighted by Crippen LogP contribution is 2.26. The molecule has 2 rings (SSSR count). The molecule has 0 bridgehead atoms. The van der Waals surface area contributed by atoms with Crippen LogP contribution in [0.2, 0.25) is 0 Å². The van der Waals surface area contributed by atoms with E-state index in [1.165, 1.54) is 7.11 Å². The van der Waals surface area contributed by atoms with Crippen molar-refractivity contribution in [3.63, 3.8) is 0 Å². The Labute approximate surface area is 184 Å². The monoisotopic (exact) mass is 447 g/mol. The maximum atomic E-state index is 12.1. The summed E-state index contributed by atoms with van der Waals surface area (Å²) in [6.45, 7) is 1.26. The van der Waals surface area contributed by atoms with E-state index in [-0.39, 0.29) is 13.0 Å². The lowest BCUT2D eigenvalue weighted by atomic mass is 9.98. The molecule has 0 aliphatic heterocycles. The fourth-order valence-electron chi connectivity index (χ4n) is 2.89. The molecule has 2 aromatic carbocycles. The Hall–Kier alpha value is -3.69. The first-order valence-electron chi connectivity index (χ1n) is 10.1. The van der Waals surface area contributed by atoms with E-state index in [2.05, 4.69) is 9.57 Å². The van der Waals surface area contributed by atoms with Gasteiger partial charge in [-0.25, -0.2) is 4.79 Å². The summed E-state index contributed by atoms with van der Waals surface area (Å²) in [4.78, 5) is 49.5. The Morgan fingerprint density at radius 2 is 1.72 bits per heavy atom. The number of unbranched alkanes of at least 4 members (excludes halogenated alkanes) is 2. The summed E-state index contributed by atoms with van der Waals surface area (Å²) in [7, 11) is 1.21. The summed E-state index contributed by atoms with van der Waals surface area (Å²) in [5.74, 6) is -1.73. The number of esters is 3. The van der Waals surface area contributed by atoms with Gasteiger partial charge >= 0.3 is 17.9 Å². The third-order valence-electron chi connectivity index (χ3n) is 4.70. The minimum atomic E-state index is -0.839. The number of ether oxygens (including phenoxy) is 3. The molecule has 10 nitrogen and oxygen atoms in total. The van der Waals surface area contributed by atoms with Gasteiger partial charge in [0.2, 0.25) is 0 Å². The van der Waals surface area contributed by atoms with Crippen molar-refractivity contribution < 1.29 is 38.5 Å². The fraction of sp³-hybridized carbons (Fsp3) is 0.409. The zero-order valence-corrected chi connectivity index (χ0v) is 17.9. The fourth-order valence-corrected chi connectivity index (χ4v) is 2.89. The second-order valence-corrected chi connectivity index (χ2v) is 7.02. The van der Waals surface area contributed by atoms with Crippen LogP contribution in [0.5, 0.6) is 5.75 Å². The molecule has 1 unspecified atom stereocenters. The number of fused-ring (bicyclic) bond motifs is 1. The molecule has 0 heterocycles. The molecule has 0 amide bonds. The van der Waals surface area contributed by atoms with E-state index in [0.29, 0.717) is 25.0 Å². The van der Waals surface area contributed by atoms with Gasteiger partial charge in [0.05, 0.1) is 19.6 Å². The lowest BCUT2D eigenvalue weighted by molar-refractivity contribution is -0.757. The average molecular weight is 447 g/mol. The summed E-state index contributed by atoms with van der Waals surface area (Å²) in [6.07, 6.45) is 1.84. The molecule has 2 aromatic rings. The first-order chi connectivity index (χ1) is 15.3. The van der Waals surface area contributed by atoms with E-state index >= 15 is 0 Å². The predicted molar refractivity (Wildman–Crippen MR) is 112 cm³/mol. The quantitative estimate of drug-likeness (QED) is 0.158. The molecule has 0 aromatic heterocycles. The van der Waals surface area contributed by atoms with Crippen molar-refractivity contribution in [1.29, 1.82) is 0 Å². The smallest absolute Gasteiger partial charge is 0.344 e. The second-order valence-electron chi connectivity index (χ2n) is 7.02. The molecule has 0 aliphatic carbocycles. The van der Waals surface area contributed by atoms with Gasteiger partial charge in [0.15, 0.2) is 6.61 Å². The van der Waals surface area contributed by atoms with E-state index in [9.17, 15) is 24.5 Å². The molecule has 0 radical (unpaired) electrons. The lowest BCUT2D eigenvalue weighted by Gasteiger charge is -2.12. The molecule has 32 heavy (non-hydrogen) atoms. The standard InChI is InChI=1S/C22H25NO9/c1-15(22(26)30-14-21(25)29-2)16-7-8-18-13-19(10-9-17(18)12-16)32-20(24)6-4-3-5-11-31-23(27)28/h7-10,12-13,15H,3-6,11,14H2,1-2H3. The third kappa shape index (κ3) is 7.86. The van der Waals surface area contributed by atoms with Crippen molar-refractivity contribution in [1.82, 2.24) is 0 Å². The molecule has 0 spiro atoms. The Balaban J connectivity index is 1.89. The largest absolute Gasteiger partial charge is 0.466 e. The van der Waals surface area contributed by atoms with Crippen molar-refractivity contribution in [2.75, 3.05) is 20.3 Å². The van der Waals surface area contributed by atoms with Gasteiger partial charge in [0, 0.05) is 6.42 Å². The van der Waals surface area contributed by atoms with E-state index in [4.69, 9.17) is 9.47 Å².